The van der Waals surface area contributed by atoms with Gasteiger partial charge in [-0.25, -0.2) is 0 Å². The van der Waals surface area contributed by atoms with Crippen LogP contribution in [0, 0.1) is 0 Å². The van der Waals surface area contributed by atoms with Crippen molar-refractivity contribution < 1.29 is 28.3 Å². The minimum absolute atomic E-state index is 0.00884. The molecule has 0 aliphatic rings. The Labute approximate surface area is 289 Å². The number of unbranched alkanes of at least 4 members (excludes halogenated alkanes) is 1. The number of carbonyl (C=O) groups is 3. The van der Waals surface area contributed by atoms with Crippen LogP contribution in [0.15, 0.2) is 130 Å². The number of hydrogen-bond donors (Lipinski definition) is 3. The van der Waals surface area contributed by atoms with Gasteiger partial charge in [-0.3, -0.25) is 14.4 Å². The van der Waals surface area contributed by atoms with Crippen molar-refractivity contribution in [2.24, 2.45) is 0 Å². The quantitative estimate of drug-likeness (QED) is 0.0581. The number of nitrogens with one attached hydrogen (secondary N) is 3. The number of amides is 3. The molecule has 3 amide bonds. The van der Waals surface area contributed by atoms with Crippen LogP contribution in [0.5, 0.6) is 11.5 Å². The summed E-state index contributed by atoms with van der Waals surface area (Å²) in [4.78, 5) is 39.9. The predicted molar refractivity (Wildman–Crippen MR) is 194 cm³/mol. The lowest BCUT2D eigenvalue weighted by atomic mass is 10.1. The Hall–Kier alpha value is -5.74. The first-order valence-electron chi connectivity index (χ1n) is 15.8. The third-order valence-electron chi connectivity index (χ3n) is 7.20. The SMILES string of the molecule is CCCCOc1ccc(NC(=O)CSc2ccc(NC(=O)C(=Cc3ccc(-c4ccccc4OC)o3)NC(=O)c3ccccc3)cc2)cc1. The van der Waals surface area contributed by atoms with E-state index in [0.29, 0.717) is 40.8 Å². The van der Waals surface area contributed by atoms with Gasteiger partial charge in [-0.2, -0.15) is 0 Å². The highest BCUT2D eigenvalue weighted by Crippen LogP contribution is 2.31. The summed E-state index contributed by atoms with van der Waals surface area (Å²) in [5.74, 6) is 1.40. The van der Waals surface area contributed by atoms with E-state index in [1.807, 2.05) is 60.7 Å². The molecule has 250 valence electrons. The van der Waals surface area contributed by atoms with E-state index in [9.17, 15) is 14.4 Å². The molecule has 1 heterocycles. The van der Waals surface area contributed by atoms with Gasteiger partial charge in [0, 0.05) is 27.9 Å². The molecule has 0 spiro atoms. The molecule has 0 bridgehead atoms. The van der Waals surface area contributed by atoms with E-state index < -0.39 is 11.8 Å². The van der Waals surface area contributed by atoms with E-state index in [4.69, 9.17) is 13.9 Å². The molecular formula is C39H37N3O6S. The second-order valence-corrected chi connectivity index (χ2v) is 11.9. The van der Waals surface area contributed by atoms with Crippen LogP contribution in [-0.2, 0) is 9.59 Å². The van der Waals surface area contributed by atoms with Gasteiger partial charge in [0.25, 0.3) is 11.8 Å². The van der Waals surface area contributed by atoms with Gasteiger partial charge >= 0.3 is 0 Å². The molecule has 9 nitrogen and oxygen atoms in total. The molecule has 0 atom stereocenters. The molecule has 4 aromatic carbocycles. The molecule has 49 heavy (non-hydrogen) atoms. The average Bonchev–Trinajstić information content (AvgIpc) is 3.60. The Bertz CT molecular complexity index is 1890. The second-order valence-electron chi connectivity index (χ2n) is 10.8. The number of para-hydroxylation sites is 1. The highest BCUT2D eigenvalue weighted by molar-refractivity contribution is 8.00. The summed E-state index contributed by atoms with van der Waals surface area (Å²) in [5, 5.41) is 8.45. The smallest absolute Gasteiger partial charge is 0.272 e. The molecule has 5 rings (SSSR count). The lowest BCUT2D eigenvalue weighted by Gasteiger charge is -2.11. The van der Waals surface area contributed by atoms with Crippen LogP contribution in [-0.4, -0.2) is 37.2 Å². The van der Waals surface area contributed by atoms with Crippen molar-refractivity contribution in [2.45, 2.75) is 24.7 Å². The number of thioether (sulfide) groups is 1. The molecule has 0 saturated heterocycles. The van der Waals surface area contributed by atoms with Gasteiger partial charge < -0.3 is 29.8 Å². The third kappa shape index (κ3) is 10.1. The number of furan rings is 1. The van der Waals surface area contributed by atoms with Crippen LogP contribution in [0.1, 0.15) is 35.9 Å². The summed E-state index contributed by atoms with van der Waals surface area (Å²) < 4.78 is 17.1. The molecular weight excluding hydrogens is 639 g/mol. The van der Waals surface area contributed by atoms with Crippen molar-refractivity contribution in [3.05, 3.63) is 132 Å². The Morgan fingerprint density at radius 3 is 2.22 bits per heavy atom. The number of hydrogen-bond acceptors (Lipinski definition) is 7. The molecule has 5 aromatic rings. The van der Waals surface area contributed by atoms with E-state index in [1.54, 1.807) is 61.7 Å². The normalized spacial score (nSPS) is 11.0. The fourth-order valence-electron chi connectivity index (χ4n) is 4.66. The summed E-state index contributed by atoms with van der Waals surface area (Å²) in [6, 6.07) is 34.0. The summed E-state index contributed by atoms with van der Waals surface area (Å²) in [7, 11) is 1.58. The largest absolute Gasteiger partial charge is 0.496 e. The molecule has 0 saturated carbocycles. The van der Waals surface area contributed by atoms with E-state index in [-0.39, 0.29) is 17.4 Å². The Kier molecular flexibility index (Phi) is 12.3. The zero-order valence-electron chi connectivity index (χ0n) is 27.2. The van der Waals surface area contributed by atoms with Crippen LogP contribution in [0.4, 0.5) is 11.4 Å². The standard InChI is InChI=1S/C39H37N3O6S/c1-3-4-24-47-30-18-14-28(15-19-30)40-37(43)26-49-32-21-16-29(17-22-32)41-39(45)34(42-38(44)27-10-6-5-7-11-27)25-31-20-23-36(48-31)33-12-8-9-13-35(33)46-2/h5-23,25H,3-4,24,26H2,1-2H3,(H,40,43)(H,41,45)(H,42,44). The summed E-state index contributed by atoms with van der Waals surface area (Å²) >= 11 is 1.37. The lowest BCUT2D eigenvalue weighted by molar-refractivity contribution is -0.114. The highest BCUT2D eigenvalue weighted by atomic mass is 32.2. The molecule has 0 radical (unpaired) electrons. The molecule has 3 N–H and O–H groups in total. The van der Waals surface area contributed by atoms with Crippen LogP contribution >= 0.6 is 11.8 Å². The lowest BCUT2D eigenvalue weighted by Crippen LogP contribution is -2.30. The number of methoxy groups -OCH3 is 1. The van der Waals surface area contributed by atoms with E-state index in [2.05, 4.69) is 22.9 Å². The third-order valence-corrected chi connectivity index (χ3v) is 8.21. The summed E-state index contributed by atoms with van der Waals surface area (Å²) in [6.45, 7) is 2.78. The van der Waals surface area contributed by atoms with Gasteiger partial charge in [0.1, 0.15) is 28.7 Å². The average molecular weight is 676 g/mol. The maximum atomic E-state index is 13.5. The van der Waals surface area contributed by atoms with Crippen molar-refractivity contribution in [2.75, 3.05) is 30.1 Å². The number of carbonyl (C=O) groups excluding carboxylic acids is 3. The Morgan fingerprint density at radius 1 is 0.796 bits per heavy atom. The van der Waals surface area contributed by atoms with Crippen LogP contribution in [0.2, 0.25) is 0 Å². The zero-order valence-corrected chi connectivity index (χ0v) is 28.0. The predicted octanol–water partition coefficient (Wildman–Crippen LogP) is 8.27. The van der Waals surface area contributed by atoms with Crippen LogP contribution < -0.4 is 25.4 Å². The first-order valence-corrected chi connectivity index (χ1v) is 16.8. The first kappa shape index (κ1) is 34.6. The van der Waals surface area contributed by atoms with E-state index in [1.165, 1.54) is 17.8 Å². The van der Waals surface area contributed by atoms with Crippen molar-refractivity contribution in [3.8, 4) is 22.8 Å². The van der Waals surface area contributed by atoms with Gasteiger partial charge in [-0.05, 0) is 91.3 Å². The maximum absolute atomic E-state index is 13.5. The highest BCUT2D eigenvalue weighted by Gasteiger charge is 2.17. The number of anilines is 2. The minimum atomic E-state index is -0.541. The number of rotatable bonds is 15. The molecule has 0 fully saturated rings. The maximum Gasteiger partial charge on any atom is 0.272 e. The fraction of sp³-hybridized carbons (Fsp3) is 0.154. The van der Waals surface area contributed by atoms with Crippen molar-refractivity contribution >= 4 is 46.9 Å². The van der Waals surface area contributed by atoms with E-state index in [0.717, 1.165) is 29.1 Å². The molecule has 1 aromatic heterocycles. The van der Waals surface area contributed by atoms with Crippen molar-refractivity contribution in [3.63, 3.8) is 0 Å². The minimum Gasteiger partial charge on any atom is -0.496 e. The van der Waals surface area contributed by atoms with Crippen molar-refractivity contribution in [1.82, 2.24) is 5.32 Å². The fourth-order valence-corrected chi connectivity index (χ4v) is 5.35. The second kappa shape index (κ2) is 17.4. The molecule has 10 heteroatoms. The number of benzene rings is 4. The van der Waals surface area contributed by atoms with Gasteiger partial charge in [-0.15, -0.1) is 11.8 Å². The van der Waals surface area contributed by atoms with Crippen LogP contribution in [0.25, 0.3) is 17.4 Å². The van der Waals surface area contributed by atoms with Gasteiger partial charge in [0.05, 0.1) is 25.0 Å². The molecule has 0 aliphatic carbocycles. The van der Waals surface area contributed by atoms with Gasteiger partial charge in [-0.1, -0.05) is 43.7 Å². The van der Waals surface area contributed by atoms with Gasteiger partial charge in [0.2, 0.25) is 5.91 Å². The summed E-state index contributed by atoms with van der Waals surface area (Å²) in [6.07, 6.45) is 3.54. The number of ether oxygens (including phenoxy) is 2. The van der Waals surface area contributed by atoms with Crippen molar-refractivity contribution in [1.29, 1.82) is 0 Å². The van der Waals surface area contributed by atoms with Crippen LogP contribution in [0.3, 0.4) is 0 Å². The van der Waals surface area contributed by atoms with Gasteiger partial charge in [0.15, 0.2) is 0 Å². The Morgan fingerprint density at radius 2 is 1.49 bits per heavy atom. The topological polar surface area (TPSA) is 119 Å². The summed E-state index contributed by atoms with van der Waals surface area (Å²) in [5.41, 5.74) is 2.34. The molecule has 0 aliphatic heterocycles. The van der Waals surface area contributed by atoms with E-state index >= 15 is 0 Å². The first-order chi connectivity index (χ1) is 23.9. The monoisotopic (exact) mass is 675 g/mol. The molecule has 0 unspecified atom stereocenters. The Balaban J connectivity index is 1.22. The zero-order chi connectivity index (χ0) is 34.4.